The van der Waals surface area contributed by atoms with E-state index in [0.29, 0.717) is 16.6 Å². The van der Waals surface area contributed by atoms with E-state index in [0.717, 1.165) is 25.3 Å². The average Bonchev–Trinajstić information content (AvgIpc) is 2.33. The second-order valence-corrected chi connectivity index (χ2v) is 5.44. The number of nitrogens with zero attached hydrogens (tertiary/aromatic N) is 1. The molecular weight excluding hydrogens is 271 g/mol. The minimum absolute atomic E-state index is 0.126. The summed E-state index contributed by atoms with van der Waals surface area (Å²) in [6.07, 6.45) is 0.235. The number of rotatable bonds is 3. The topological polar surface area (TPSA) is 38.5 Å². The van der Waals surface area contributed by atoms with E-state index in [1.54, 1.807) is 6.07 Å². The van der Waals surface area contributed by atoms with E-state index in [1.165, 1.54) is 0 Å². The van der Waals surface area contributed by atoms with E-state index in [1.807, 2.05) is 12.1 Å². The number of ether oxygens (including phenoxy) is 1. The SMILES string of the molecule is CC1CN(C(CN)c2ccc(Cl)cc2Cl)CCO1. The van der Waals surface area contributed by atoms with Crippen molar-refractivity contribution in [1.82, 2.24) is 4.90 Å². The number of halogens is 2. The van der Waals surface area contributed by atoms with E-state index >= 15 is 0 Å². The van der Waals surface area contributed by atoms with Gasteiger partial charge in [-0.3, -0.25) is 4.90 Å². The molecular formula is C13H18Cl2N2O. The Labute approximate surface area is 118 Å². The van der Waals surface area contributed by atoms with Gasteiger partial charge in [0, 0.05) is 35.7 Å². The van der Waals surface area contributed by atoms with Crippen LogP contribution >= 0.6 is 23.2 Å². The molecule has 18 heavy (non-hydrogen) atoms. The summed E-state index contributed by atoms with van der Waals surface area (Å²) in [7, 11) is 0. The zero-order valence-electron chi connectivity index (χ0n) is 10.4. The van der Waals surface area contributed by atoms with Gasteiger partial charge in [0.2, 0.25) is 0 Å². The van der Waals surface area contributed by atoms with E-state index in [-0.39, 0.29) is 12.1 Å². The molecule has 0 amide bonds. The Kier molecular flexibility index (Phi) is 4.87. The molecule has 0 aromatic heterocycles. The Hall–Kier alpha value is -0.320. The molecule has 0 saturated carbocycles. The van der Waals surface area contributed by atoms with Crippen LogP contribution in [0.4, 0.5) is 0 Å². The van der Waals surface area contributed by atoms with Gasteiger partial charge in [-0.1, -0.05) is 29.3 Å². The molecule has 2 rings (SSSR count). The maximum atomic E-state index is 6.26. The number of benzene rings is 1. The Morgan fingerprint density at radius 3 is 2.89 bits per heavy atom. The van der Waals surface area contributed by atoms with Crippen LogP contribution in [0.3, 0.4) is 0 Å². The summed E-state index contributed by atoms with van der Waals surface area (Å²) in [5.41, 5.74) is 6.95. The van der Waals surface area contributed by atoms with Crippen molar-refractivity contribution in [2.75, 3.05) is 26.2 Å². The Bertz CT molecular complexity index is 414. The lowest BCUT2D eigenvalue weighted by molar-refractivity contribution is -0.0332. The zero-order valence-corrected chi connectivity index (χ0v) is 11.9. The van der Waals surface area contributed by atoms with Gasteiger partial charge in [-0.25, -0.2) is 0 Å². The summed E-state index contributed by atoms with van der Waals surface area (Å²) in [5.74, 6) is 0. The van der Waals surface area contributed by atoms with E-state index in [9.17, 15) is 0 Å². The Morgan fingerprint density at radius 2 is 2.28 bits per heavy atom. The van der Waals surface area contributed by atoms with Gasteiger partial charge in [0.25, 0.3) is 0 Å². The van der Waals surface area contributed by atoms with Gasteiger partial charge in [-0.05, 0) is 24.6 Å². The van der Waals surface area contributed by atoms with E-state index in [4.69, 9.17) is 33.7 Å². The van der Waals surface area contributed by atoms with Crippen LogP contribution in [0.1, 0.15) is 18.5 Å². The van der Waals surface area contributed by atoms with Crippen LogP contribution in [0, 0.1) is 0 Å². The fourth-order valence-electron chi connectivity index (χ4n) is 2.37. The lowest BCUT2D eigenvalue weighted by Crippen LogP contribution is -2.45. The first-order valence-corrected chi connectivity index (χ1v) is 6.88. The molecule has 0 radical (unpaired) electrons. The molecule has 1 saturated heterocycles. The highest BCUT2D eigenvalue weighted by molar-refractivity contribution is 6.35. The minimum atomic E-state index is 0.126. The van der Waals surface area contributed by atoms with Crippen molar-refractivity contribution < 1.29 is 4.74 Å². The molecule has 1 aliphatic heterocycles. The molecule has 1 aliphatic rings. The first kappa shape index (κ1) is 14.1. The lowest BCUT2D eigenvalue weighted by atomic mass is 10.0. The van der Waals surface area contributed by atoms with Crippen LogP contribution in [-0.2, 0) is 4.74 Å². The second-order valence-electron chi connectivity index (χ2n) is 4.59. The average molecular weight is 289 g/mol. The van der Waals surface area contributed by atoms with Gasteiger partial charge in [-0.15, -0.1) is 0 Å². The normalized spacial score (nSPS) is 23.0. The predicted octanol–water partition coefficient (Wildman–Crippen LogP) is 2.71. The van der Waals surface area contributed by atoms with E-state index in [2.05, 4.69) is 11.8 Å². The number of nitrogens with two attached hydrogens (primary N) is 1. The summed E-state index contributed by atoms with van der Waals surface area (Å²) in [4.78, 5) is 2.32. The minimum Gasteiger partial charge on any atom is -0.376 e. The van der Waals surface area contributed by atoms with Crippen molar-refractivity contribution in [2.24, 2.45) is 5.73 Å². The van der Waals surface area contributed by atoms with Crippen LogP contribution in [0.25, 0.3) is 0 Å². The van der Waals surface area contributed by atoms with Crippen molar-refractivity contribution >= 4 is 23.2 Å². The third-order valence-corrected chi connectivity index (χ3v) is 3.82. The van der Waals surface area contributed by atoms with Gasteiger partial charge in [-0.2, -0.15) is 0 Å². The van der Waals surface area contributed by atoms with Gasteiger partial charge in [0.15, 0.2) is 0 Å². The zero-order chi connectivity index (χ0) is 13.1. The Balaban J connectivity index is 2.21. The van der Waals surface area contributed by atoms with E-state index < -0.39 is 0 Å². The molecule has 0 bridgehead atoms. The number of hydrogen-bond acceptors (Lipinski definition) is 3. The van der Waals surface area contributed by atoms with Crippen LogP contribution in [0.15, 0.2) is 18.2 Å². The number of hydrogen-bond donors (Lipinski definition) is 1. The predicted molar refractivity (Wildman–Crippen MR) is 75.2 cm³/mol. The highest BCUT2D eigenvalue weighted by Gasteiger charge is 2.25. The molecule has 1 fully saturated rings. The monoisotopic (exact) mass is 288 g/mol. The second kappa shape index (κ2) is 6.22. The first-order chi connectivity index (χ1) is 8.61. The molecule has 1 aromatic carbocycles. The summed E-state index contributed by atoms with van der Waals surface area (Å²) in [6, 6.07) is 5.71. The maximum Gasteiger partial charge on any atom is 0.0674 e. The Morgan fingerprint density at radius 1 is 1.50 bits per heavy atom. The lowest BCUT2D eigenvalue weighted by Gasteiger charge is -2.37. The van der Waals surface area contributed by atoms with Crippen LogP contribution < -0.4 is 5.73 Å². The molecule has 2 atom stereocenters. The molecule has 3 nitrogen and oxygen atoms in total. The standard InChI is InChI=1S/C13H18Cl2N2O/c1-9-8-17(4-5-18-9)13(7-16)11-3-2-10(14)6-12(11)15/h2-3,6,9,13H,4-5,7-8,16H2,1H3. The number of morpholine rings is 1. The van der Waals surface area contributed by atoms with Crippen LogP contribution in [0.2, 0.25) is 10.0 Å². The molecule has 1 aromatic rings. The fraction of sp³-hybridized carbons (Fsp3) is 0.538. The first-order valence-electron chi connectivity index (χ1n) is 6.12. The highest BCUT2D eigenvalue weighted by Crippen LogP contribution is 2.30. The van der Waals surface area contributed by atoms with Gasteiger partial charge in [0.1, 0.15) is 0 Å². The van der Waals surface area contributed by atoms with Gasteiger partial charge < -0.3 is 10.5 Å². The quantitative estimate of drug-likeness (QED) is 0.930. The van der Waals surface area contributed by atoms with Crippen molar-refractivity contribution in [3.8, 4) is 0 Å². The molecule has 0 spiro atoms. The summed E-state index contributed by atoms with van der Waals surface area (Å²) in [5, 5.41) is 1.33. The van der Waals surface area contributed by atoms with Gasteiger partial charge in [0.05, 0.1) is 12.7 Å². The summed E-state index contributed by atoms with van der Waals surface area (Å²) >= 11 is 12.2. The van der Waals surface area contributed by atoms with Crippen molar-refractivity contribution in [3.63, 3.8) is 0 Å². The smallest absolute Gasteiger partial charge is 0.0674 e. The third kappa shape index (κ3) is 3.16. The van der Waals surface area contributed by atoms with Crippen molar-refractivity contribution in [2.45, 2.75) is 19.1 Å². The summed E-state index contributed by atoms with van der Waals surface area (Å²) in [6.45, 7) is 5.10. The molecule has 0 aliphatic carbocycles. The van der Waals surface area contributed by atoms with Crippen LogP contribution in [0.5, 0.6) is 0 Å². The molecule has 5 heteroatoms. The molecule has 2 unspecified atom stereocenters. The van der Waals surface area contributed by atoms with Crippen molar-refractivity contribution in [1.29, 1.82) is 0 Å². The molecule has 1 heterocycles. The fourth-order valence-corrected chi connectivity index (χ4v) is 2.91. The molecule has 100 valence electrons. The largest absolute Gasteiger partial charge is 0.376 e. The molecule has 2 N–H and O–H groups in total. The van der Waals surface area contributed by atoms with Crippen molar-refractivity contribution in [3.05, 3.63) is 33.8 Å². The summed E-state index contributed by atoms with van der Waals surface area (Å²) < 4.78 is 5.55. The van der Waals surface area contributed by atoms with Crippen LogP contribution in [-0.4, -0.2) is 37.2 Å². The third-order valence-electron chi connectivity index (χ3n) is 3.26. The maximum absolute atomic E-state index is 6.26. The highest BCUT2D eigenvalue weighted by atomic mass is 35.5. The van der Waals surface area contributed by atoms with Gasteiger partial charge >= 0.3 is 0 Å².